The lowest BCUT2D eigenvalue weighted by Gasteiger charge is -2.19. The van der Waals surface area contributed by atoms with E-state index in [2.05, 4.69) is 12.2 Å². The number of ether oxygens (including phenoxy) is 2. The van der Waals surface area contributed by atoms with Gasteiger partial charge < -0.3 is 14.8 Å². The average molecular weight is 249 g/mol. The van der Waals surface area contributed by atoms with E-state index < -0.39 is 0 Å². The van der Waals surface area contributed by atoms with Crippen LogP contribution < -0.4 is 14.8 Å². The van der Waals surface area contributed by atoms with Gasteiger partial charge in [0.25, 0.3) is 5.91 Å². The predicted octanol–water partition coefficient (Wildman–Crippen LogP) is 2.38. The van der Waals surface area contributed by atoms with Crippen molar-refractivity contribution in [3.8, 4) is 11.5 Å². The number of carbonyl (C=O) groups excluding carboxylic acids is 1. The minimum absolute atomic E-state index is 0.0621. The fourth-order valence-electron chi connectivity index (χ4n) is 2.00. The molecular formula is C14H19NO3. The van der Waals surface area contributed by atoms with Crippen molar-refractivity contribution in [2.24, 2.45) is 0 Å². The first kappa shape index (κ1) is 12.7. The zero-order valence-corrected chi connectivity index (χ0v) is 10.9. The highest BCUT2D eigenvalue weighted by atomic mass is 16.6. The molecule has 0 radical (unpaired) electrons. The Morgan fingerprint density at radius 1 is 1.33 bits per heavy atom. The molecule has 98 valence electrons. The van der Waals surface area contributed by atoms with Gasteiger partial charge in [0, 0.05) is 11.6 Å². The number of benzene rings is 1. The van der Waals surface area contributed by atoms with E-state index in [1.807, 2.05) is 6.92 Å². The number of amides is 1. The number of rotatable bonds is 4. The van der Waals surface area contributed by atoms with Crippen molar-refractivity contribution < 1.29 is 14.3 Å². The molecule has 0 saturated heterocycles. The second-order valence-corrected chi connectivity index (χ2v) is 4.52. The minimum atomic E-state index is -0.0621. The fraction of sp³-hybridized carbons (Fsp3) is 0.500. The highest BCUT2D eigenvalue weighted by molar-refractivity contribution is 5.95. The number of carbonyl (C=O) groups is 1. The number of hydrogen-bond donors (Lipinski definition) is 1. The Morgan fingerprint density at radius 3 is 2.78 bits per heavy atom. The number of nitrogens with one attached hydrogen (secondary N) is 1. The number of fused-ring (bicyclic) bond motifs is 1. The van der Waals surface area contributed by atoms with E-state index in [-0.39, 0.29) is 11.9 Å². The van der Waals surface area contributed by atoms with Crippen molar-refractivity contribution in [1.29, 1.82) is 0 Å². The quantitative estimate of drug-likeness (QED) is 0.891. The van der Waals surface area contributed by atoms with Gasteiger partial charge >= 0.3 is 0 Å². The van der Waals surface area contributed by atoms with Gasteiger partial charge in [-0.15, -0.1) is 0 Å². The van der Waals surface area contributed by atoms with Crippen molar-refractivity contribution in [3.63, 3.8) is 0 Å². The first-order valence-electron chi connectivity index (χ1n) is 6.41. The van der Waals surface area contributed by atoms with E-state index in [9.17, 15) is 4.79 Å². The molecule has 0 spiro atoms. The molecule has 0 aliphatic carbocycles. The Hall–Kier alpha value is -1.71. The SMILES string of the molecule is CCC[C@H](C)NC(=O)c1ccc2c(c1)OCCO2. The molecule has 1 N–H and O–H groups in total. The molecule has 1 aliphatic heterocycles. The number of hydrogen-bond acceptors (Lipinski definition) is 3. The van der Waals surface area contributed by atoms with Gasteiger partial charge in [-0.3, -0.25) is 4.79 Å². The second-order valence-electron chi connectivity index (χ2n) is 4.52. The van der Waals surface area contributed by atoms with E-state index in [1.54, 1.807) is 18.2 Å². The summed E-state index contributed by atoms with van der Waals surface area (Å²) in [7, 11) is 0. The van der Waals surface area contributed by atoms with E-state index >= 15 is 0 Å². The Bertz CT molecular complexity index is 431. The van der Waals surface area contributed by atoms with Crippen LogP contribution in [0, 0.1) is 0 Å². The van der Waals surface area contributed by atoms with Gasteiger partial charge in [-0.05, 0) is 31.5 Å². The summed E-state index contributed by atoms with van der Waals surface area (Å²) in [6.07, 6.45) is 2.04. The average Bonchev–Trinajstić information content (AvgIpc) is 2.38. The molecule has 4 heteroatoms. The smallest absolute Gasteiger partial charge is 0.251 e. The minimum Gasteiger partial charge on any atom is -0.486 e. The van der Waals surface area contributed by atoms with Crippen LogP contribution in [0.2, 0.25) is 0 Å². The van der Waals surface area contributed by atoms with E-state index in [1.165, 1.54) is 0 Å². The Labute approximate surface area is 107 Å². The highest BCUT2D eigenvalue weighted by Crippen LogP contribution is 2.30. The van der Waals surface area contributed by atoms with Gasteiger partial charge in [-0.25, -0.2) is 0 Å². The molecule has 0 fully saturated rings. The molecule has 1 atom stereocenters. The Morgan fingerprint density at radius 2 is 2.06 bits per heavy atom. The van der Waals surface area contributed by atoms with Crippen molar-refractivity contribution in [1.82, 2.24) is 5.32 Å². The first-order chi connectivity index (χ1) is 8.70. The van der Waals surface area contributed by atoms with Gasteiger partial charge in [0.15, 0.2) is 11.5 Å². The molecule has 1 aromatic rings. The molecule has 0 saturated carbocycles. The molecule has 4 nitrogen and oxygen atoms in total. The predicted molar refractivity (Wildman–Crippen MR) is 69.3 cm³/mol. The topological polar surface area (TPSA) is 47.6 Å². The maximum atomic E-state index is 12.0. The summed E-state index contributed by atoms with van der Waals surface area (Å²) in [5.74, 6) is 1.30. The standard InChI is InChI=1S/C14H19NO3/c1-3-4-10(2)15-14(16)11-5-6-12-13(9-11)18-8-7-17-12/h5-6,9-10H,3-4,7-8H2,1-2H3,(H,15,16)/t10-/m0/s1. The van der Waals surface area contributed by atoms with Crippen LogP contribution in [0.4, 0.5) is 0 Å². The lowest BCUT2D eigenvalue weighted by Crippen LogP contribution is -2.32. The van der Waals surface area contributed by atoms with Crippen LogP contribution in [0.5, 0.6) is 11.5 Å². The van der Waals surface area contributed by atoms with Gasteiger partial charge in [-0.1, -0.05) is 13.3 Å². The lowest BCUT2D eigenvalue weighted by atomic mass is 10.1. The van der Waals surface area contributed by atoms with Gasteiger partial charge in [0.05, 0.1) is 0 Å². The summed E-state index contributed by atoms with van der Waals surface area (Å²) in [6, 6.07) is 5.48. The third-order valence-corrected chi connectivity index (χ3v) is 2.90. The van der Waals surface area contributed by atoms with E-state index in [0.717, 1.165) is 12.8 Å². The normalized spacial score (nSPS) is 15.0. The van der Waals surface area contributed by atoms with Gasteiger partial charge in [0.1, 0.15) is 13.2 Å². The summed E-state index contributed by atoms with van der Waals surface area (Å²) in [6.45, 7) is 5.21. The monoisotopic (exact) mass is 249 g/mol. The fourth-order valence-corrected chi connectivity index (χ4v) is 2.00. The molecule has 18 heavy (non-hydrogen) atoms. The molecule has 1 aromatic carbocycles. The van der Waals surface area contributed by atoms with Crippen LogP contribution in [0.15, 0.2) is 18.2 Å². The molecule has 1 heterocycles. The van der Waals surface area contributed by atoms with Crippen LogP contribution in [0.1, 0.15) is 37.0 Å². The maximum Gasteiger partial charge on any atom is 0.251 e. The first-order valence-corrected chi connectivity index (χ1v) is 6.41. The molecule has 0 unspecified atom stereocenters. The van der Waals surface area contributed by atoms with Crippen molar-refractivity contribution in [3.05, 3.63) is 23.8 Å². The van der Waals surface area contributed by atoms with Crippen molar-refractivity contribution in [2.45, 2.75) is 32.7 Å². The lowest BCUT2D eigenvalue weighted by molar-refractivity contribution is 0.0937. The van der Waals surface area contributed by atoms with Crippen LogP contribution >= 0.6 is 0 Å². The molecule has 0 bridgehead atoms. The van der Waals surface area contributed by atoms with Gasteiger partial charge in [0.2, 0.25) is 0 Å². The second kappa shape index (κ2) is 5.76. The Balaban J connectivity index is 2.06. The summed E-state index contributed by atoms with van der Waals surface area (Å²) in [5.41, 5.74) is 0.613. The van der Waals surface area contributed by atoms with E-state index in [0.29, 0.717) is 30.3 Å². The van der Waals surface area contributed by atoms with Crippen LogP contribution in [0.3, 0.4) is 0 Å². The van der Waals surface area contributed by atoms with Gasteiger partial charge in [-0.2, -0.15) is 0 Å². The molecule has 1 aliphatic rings. The molecular weight excluding hydrogens is 230 g/mol. The van der Waals surface area contributed by atoms with Crippen LogP contribution in [-0.4, -0.2) is 25.2 Å². The molecule has 0 aromatic heterocycles. The summed E-state index contributed by atoms with van der Waals surface area (Å²) in [5, 5.41) is 2.97. The maximum absolute atomic E-state index is 12.0. The molecule has 1 amide bonds. The largest absolute Gasteiger partial charge is 0.486 e. The summed E-state index contributed by atoms with van der Waals surface area (Å²) < 4.78 is 10.9. The third-order valence-electron chi connectivity index (χ3n) is 2.90. The summed E-state index contributed by atoms with van der Waals surface area (Å²) >= 11 is 0. The summed E-state index contributed by atoms with van der Waals surface area (Å²) in [4.78, 5) is 12.0. The zero-order valence-electron chi connectivity index (χ0n) is 10.9. The third kappa shape index (κ3) is 2.94. The van der Waals surface area contributed by atoms with Crippen LogP contribution in [0.25, 0.3) is 0 Å². The van der Waals surface area contributed by atoms with Crippen LogP contribution in [-0.2, 0) is 0 Å². The van der Waals surface area contributed by atoms with Crippen molar-refractivity contribution in [2.75, 3.05) is 13.2 Å². The van der Waals surface area contributed by atoms with E-state index in [4.69, 9.17) is 9.47 Å². The Kier molecular flexibility index (Phi) is 4.07. The molecule has 2 rings (SSSR count). The van der Waals surface area contributed by atoms with Crippen molar-refractivity contribution >= 4 is 5.91 Å². The highest BCUT2D eigenvalue weighted by Gasteiger charge is 2.15. The zero-order chi connectivity index (χ0) is 13.0.